The number of rotatable bonds is 8. The van der Waals surface area contributed by atoms with Gasteiger partial charge in [0, 0.05) is 18.2 Å². The summed E-state index contributed by atoms with van der Waals surface area (Å²) in [7, 11) is -1.88. The molecule has 0 bridgehead atoms. The summed E-state index contributed by atoms with van der Waals surface area (Å²) in [4.78, 5) is 12.4. The Labute approximate surface area is 161 Å². The van der Waals surface area contributed by atoms with Crippen molar-refractivity contribution >= 4 is 15.9 Å². The molecule has 0 aliphatic heterocycles. The van der Waals surface area contributed by atoms with Crippen molar-refractivity contribution in [3.05, 3.63) is 64.7 Å². The molecule has 1 amide bonds. The molecule has 0 fully saturated rings. The Morgan fingerprint density at radius 3 is 2.41 bits per heavy atom. The quantitative estimate of drug-likeness (QED) is 0.726. The number of amides is 1. The number of carbonyl (C=O) groups is 1. The molecule has 0 spiro atoms. The van der Waals surface area contributed by atoms with E-state index in [9.17, 15) is 13.2 Å². The van der Waals surface area contributed by atoms with Gasteiger partial charge in [-0.2, -0.15) is 0 Å². The molecule has 146 valence electrons. The van der Waals surface area contributed by atoms with E-state index in [1.54, 1.807) is 45.2 Å². The second-order valence-corrected chi connectivity index (χ2v) is 8.42. The molecule has 0 radical (unpaired) electrons. The number of nitrogens with one attached hydrogen (secondary N) is 2. The fraction of sp³-hybridized carbons (Fsp3) is 0.350. The molecule has 0 aliphatic rings. The first-order valence-electron chi connectivity index (χ1n) is 8.71. The zero-order chi connectivity index (χ0) is 20.0. The van der Waals surface area contributed by atoms with E-state index in [0.717, 1.165) is 11.1 Å². The van der Waals surface area contributed by atoms with Crippen LogP contribution in [0.2, 0.25) is 0 Å². The van der Waals surface area contributed by atoms with E-state index < -0.39 is 10.0 Å². The summed E-state index contributed by atoms with van der Waals surface area (Å²) < 4.78 is 32.2. The van der Waals surface area contributed by atoms with Crippen LogP contribution < -0.4 is 14.8 Å². The highest BCUT2D eigenvalue weighted by Crippen LogP contribution is 2.19. The van der Waals surface area contributed by atoms with E-state index in [0.29, 0.717) is 16.9 Å². The van der Waals surface area contributed by atoms with Gasteiger partial charge in [0.05, 0.1) is 12.9 Å². The monoisotopic (exact) mass is 390 g/mol. The van der Waals surface area contributed by atoms with Crippen molar-refractivity contribution in [3.63, 3.8) is 0 Å². The lowest BCUT2D eigenvalue weighted by atomic mass is 10.1. The van der Waals surface area contributed by atoms with Crippen LogP contribution in [0.1, 0.15) is 40.9 Å². The fourth-order valence-corrected chi connectivity index (χ4v) is 4.21. The number of aryl methyl sites for hydroxylation is 1. The van der Waals surface area contributed by atoms with E-state index in [1.807, 2.05) is 25.1 Å². The highest BCUT2D eigenvalue weighted by molar-refractivity contribution is 7.88. The van der Waals surface area contributed by atoms with Crippen LogP contribution in [0, 0.1) is 6.92 Å². The van der Waals surface area contributed by atoms with Gasteiger partial charge in [-0.1, -0.05) is 30.3 Å². The summed E-state index contributed by atoms with van der Waals surface area (Å²) in [6.07, 6.45) is 0. The molecule has 0 aromatic heterocycles. The van der Waals surface area contributed by atoms with Crippen LogP contribution in [0.4, 0.5) is 0 Å². The van der Waals surface area contributed by atoms with E-state index in [4.69, 9.17) is 4.74 Å². The van der Waals surface area contributed by atoms with Gasteiger partial charge in [-0.05, 0) is 49.6 Å². The highest BCUT2D eigenvalue weighted by Gasteiger charge is 2.16. The van der Waals surface area contributed by atoms with E-state index in [-0.39, 0.29) is 24.2 Å². The van der Waals surface area contributed by atoms with Crippen LogP contribution in [-0.2, 0) is 22.3 Å². The molecule has 2 rings (SSSR count). The molecule has 6 nitrogen and oxygen atoms in total. The van der Waals surface area contributed by atoms with Crippen LogP contribution in [0.3, 0.4) is 0 Å². The van der Waals surface area contributed by atoms with Crippen molar-refractivity contribution in [2.75, 3.05) is 7.11 Å². The smallest absolute Gasteiger partial charge is 0.251 e. The Kier molecular flexibility index (Phi) is 6.98. The Hall–Kier alpha value is -2.38. The molecular weight excluding hydrogens is 364 g/mol. The number of hydrogen-bond donors (Lipinski definition) is 2. The maximum atomic E-state index is 12.4. The van der Waals surface area contributed by atoms with E-state index in [2.05, 4.69) is 10.0 Å². The molecule has 27 heavy (non-hydrogen) atoms. The molecule has 2 aromatic rings. The van der Waals surface area contributed by atoms with Gasteiger partial charge in [-0.15, -0.1) is 0 Å². The molecule has 0 atom stereocenters. The van der Waals surface area contributed by atoms with Crippen molar-refractivity contribution in [2.45, 2.75) is 39.1 Å². The zero-order valence-corrected chi connectivity index (χ0v) is 16.9. The first-order chi connectivity index (χ1) is 12.7. The van der Waals surface area contributed by atoms with Crippen LogP contribution >= 0.6 is 0 Å². The van der Waals surface area contributed by atoms with Crippen LogP contribution in [0.25, 0.3) is 0 Å². The number of methoxy groups -OCH3 is 1. The molecule has 0 saturated heterocycles. The Morgan fingerprint density at radius 2 is 1.78 bits per heavy atom. The number of benzene rings is 2. The summed E-state index contributed by atoms with van der Waals surface area (Å²) in [6.45, 7) is 5.70. The van der Waals surface area contributed by atoms with Gasteiger partial charge in [0.15, 0.2) is 0 Å². The third-order valence-electron chi connectivity index (χ3n) is 3.99. The predicted octanol–water partition coefficient (Wildman–Crippen LogP) is 2.76. The highest BCUT2D eigenvalue weighted by atomic mass is 32.2. The fourth-order valence-electron chi connectivity index (χ4n) is 2.72. The lowest BCUT2D eigenvalue weighted by Crippen LogP contribution is -2.32. The molecule has 2 N–H and O–H groups in total. The minimum absolute atomic E-state index is 0.129. The number of carbonyl (C=O) groups excluding carboxylic acids is 1. The second kappa shape index (κ2) is 9.01. The summed E-state index contributed by atoms with van der Waals surface area (Å²) in [5.74, 6) is 0.274. The maximum absolute atomic E-state index is 12.4. The van der Waals surface area contributed by atoms with Crippen molar-refractivity contribution in [3.8, 4) is 5.75 Å². The van der Waals surface area contributed by atoms with Crippen molar-refractivity contribution in [2.24, 2.45) is 0 Å². The Bertz CT molecular complexity index is 908. The van der Waals surface area contributed by atoms with Crippen molar-refractivity contribution in [1.82, 2.24) is 10.0 Å². The average molecular weight is 391 g/mol. The van der Waals surface area contributed by atoms with Gasteiger partial charge in [0.1, 0.15) is 5.75 Å². The first-order valence-corrected chi connectivity index (χ1v) is 10.4. The van der Waals surface area contributed by atoms with Gasteiger partial charge in [0.2, 0.25) is 10.0 Å². The van der Waals surface area contributed by atoms with Gasteiger partial charge in [-0.3, -0.25) is 4.79 Å². The maximum Gasteiger partial charge on any atom is 0.251 e. The zero-order valence-electron chi connectivity index (χ0n) is 16.1. The SMILES string of the molecule is COc1cc(C(=O)NCc2ccccc2CS(=O)(=O)NC(C)C)ccc1C. The minimum Gasteiger partial charge on any atom is -0.496 e. The third kappa shape index (κ3) is 6.08. The lowest BCUT2D eigenvalue weighted by molar-refractivity contribution is 0.0950. The minimum atomic E-state index is -3.44. The topological polar surface area (TPSA) is 84.5 Å². The van der Waals surface area contributed by atoms with Crippen LogP contribution in [-0.4, -0.2) is 27.5 Å². The predicted molar refractivity (Wildman–Crippen MR) is 106 cm³/mol. The molecule has 0 aliphatic carbocycles. The molecule has 0 heterocycles. The number of sulfonamides is 1. The van der Waals surface area contributed by atoms with E-state index in [1.165, 1.54) is 0 Å². The summed E-state index contributed by atoms with van der Waals surface area (Å²) in [5, 5.41) is 2.84. The Morgan fingerprint density at radius 1 is 1.11 bits per heavy atom. The van der Waals surface area contributed by atoms with Crippen LogP contribution in [0.15, 0.2) is 42.5 Å². The largest absolute Gasteiger partial charge is 0.496 e. The molecule has 2 aromatic carbocycles. The van der Waals surface area contributed by atoms with E-state index >= 15 is 0 Å². The summed E-state index contributed by atoms with van der Waals surface area (Å²) in [6, 6.07) is 12.3. The van der Waals surface area contributed by atoms with Gasteiger partial charge < -0.3 is 10.1 Å². The average Bonchev–Trinajstić information content (AvgIpc) is 2.59. The van der Waals surface area contributed by atoms with Gasteiger partial charge in [-0.25, -0.2) is 13.1 Å². The number of ether oxygens (including phenoxy) is 1. The summed E-state index contributed by atoms with van der Waals surface area (Å²) >= 11 is 0. The molecule has 7 heteroatoms. The van der Waals surface area contributed by atoms with Crippen molar-refractivity contribution < 1.29 is 17.9 Å². The number of hydrogen-bond acceptors (Lipinski definition) is 4. The van der Waals surface area contributed by atoms with Crippen molar-refractivity contribution in [1.29, 1.82) is 0 Å². The summed E-state index contributed by atoms with van der Waals surface area (Å²) in [5.41, 5.74) is 2.86. The molecule has 0 saturated carbocycles. The van der Waals surface area contributed by atoms with Crippen LogP contribution in [0.5, 0.6) is 5.75 Å². The third-order valence-corrected chi connectivity index (χ3v) is 5.51. The normalized spacial score (nSPS) is 11.4. The second-order valence-electron chi connectivity index (χ2n) is 6.67. The lowest BCUT2D eigenvalue weighted by Gasteiger charge is -2.14. The van der Waals surface area contributed by atoms with Gasteiger partial charge in [0.25, 0.3) is 5.91 Å². The first kappa shape index (κ1) is 20.9. The standard InChI is InChI=1S/C20H26N2O4S/c1-14(2)22-27(24,25)13-18-8-6-5-7-17(18)12-21-20(23)16-10-9-15(3)19(11-16)26-4/h5-11,14,22H,12-13H2,1-4H3,(H,21,23). The molecular formula is C20H26N2O4S. The Balaban J connectivity index is 2.11. The van der Waals surface area contributed by atoms with Gasteiger partial charge >= 0.3 is 0 Å². The molecule has 0 unspecified atom stereocenters.